The smallest absolute Gasteiger partial charge is 0.120 e. The highest BCUT2D eigenvalue weighted by atomic mass is 16.1. The molecule has 0 aromatic carbocycles. The normalized spacial score (nSPS) is 29.6. The first-order valence-corrected chi connectivity index (χ1v) is 3.38. The lowest BCUT2D eigenvalue weighted by Crippen LogP contribution is -1.91. The molecule has 1 rings (SSSR count). The lowest BCUT2D eigenvalue weighted by molar-refractivity contribution is 0.565. The average molecular weight is 134 g/mol. The van der Waals surface area contributed by atoms with Crippen LogP contribution in [0, 0.1) is 11.8 Å². The van der Waals surface area contributed by atoms with Crippen molar-refractivity contribution in [1.29, 1.82) is 0 Å². The molecule has 1 nitrogen and oxygen atoms in total. The van der Waals surface area contributed by atoms with Gasteiger partial charge in [0.2, 0.25) is 0 Å². The number of rotatable bonds is 2. The van der Waals surface area contributed by atoms with Crippen LogP contribution in [-0.2, 0) is 4.79 Å². The highest BCUT2D eigenvalue weighted by Crippen LogP contribution is 2.24. The third-order valence-electron chi connectivity index (χ3n) is 1.73. The zero-order valence-corrected chi connectivity index (χ0v) is 5.79. The van der Waals surface area contributed by atoms with Crippen molar-refractivity contribution < 1.29 is 4.79 Å². The van der Waals surface area contributed by atoms with Crippen molar-refractivity contribution in [3.8, 4) is 0 Å². The second kappa shape index (κ2) is 3.19. The fraction of sp³-hybridized carbons (Fsp3) is 0.333. The van der Waals surface area contributed by atoms with Crippen LogP contribution in [0.4, 0.5) is 0 Å². The molecular weight excluding hydrogens is 124 g/mol. The van der Waals surface area contributed by atoms with E-state index in [0.717, 1.165) is 6.42 Å². The summed E-state index contributed by atoms with van der Waals surface area (Å²) < 4.78 is 0. The average Bonchev–Trinajstić information content (AvgIpc) is 2.37. The topological polar surface area (TPSA) is 17.1 Å². The minimum Gasteiger partial charge on any atom is -0.234 e. The maximum atomic E-state index is 9.92. The minimum absolute atomic E-state index is 0.292. The van der Waals surface area contributed by atoms with Crippen molar-refractivity contribution >= 4 is 5.94 Å². The quantitative estimate of drug-likeness (QED) is 0.415. The van der Waals surface area contributed by atoms with Gasteiger partial charge in [-0.25, -0.2) is 4.79 Å². The van der Waals surface area contributed by atoms with E-state index < -0.39 is 0 Å². The Morgan fingerprint density at radius 2 is 2.20 bits per heavy atom. The Labute approximate surface area is 60.7 Å². The number of hydrogen-bond donors (Lipinski definition) is 0. The van der Waals surface area contributed by atoms with E-state index in [4.69, 9.17) is 0 Å². The molecule has 10 heavy (non-hydrogen) atoms. The Morgan fingerprint density at radius 1 is 1.50 bits per heavy atom. The van der Waals surface area contributed by atoms with Crippen LogP contribution >= 0.6 is 0 Å². The SMILES string of the molecule is C=C[C@@H]1C=C[C@H](C=C=O)C1. The molecule has 1 aliphatic carbocycles. The molecule has 1 aliphatic rings. The first-order chi connectivity index (χ1) is 4.86. The maximum absolute atomic E-state index is 9.92. The summed E-state index contributed by atoms with van der Waals surface area (Å²) in [6, 6.07) is 0. The van der Waals surface area contributed by atoms with Gasteiger partial charge in [0, 0.05) is 12.0 Å². The van der Waals surface area contributed by atoms with E-state index in [1.54, 1.807) is 12.0 Å². The second-order valence-corrected chi connectivity index (χ2v) is 2.47. The van der Waals surface area contributed by atoms with Crippen molar-refractivity contribution in [2.75, 3.05) is 0 Å². The number of carbonyl (C=O) groups excluding carboxylic acids is 1. The summed E-state index contributed by atoms with van der Waals surface area (Å²) in [5.41, 5.74) is 0. The minimum atomic E-state index is 0.292. The summed E-state index contributed by atoms with van der Waals surface area (Å²) in [5, 5.41) is 0. The molecule has 1 heteroatoms. The molecule has 0 aliphatic heterocycles. The first kappa shape index (κ1) is 7.04. The Kier molecular flexibility index (Phi) is 2.24. The molecule has 0 aromatic heterocycles. The van der Waals surface area contributed by atoms with Crippen LogP contribution in [0.2, 0.25) is 0 Å². The van der Waals surface area contributed by atoms with Gasteiger partial charge in [-0.3, -0.25) is 0 Å². The molecule has 0 saturated carbocycles. The highest BCUT2D eigenvalue weighted by molar-refractivity contribution is 5.47. The van der Waals surface area contributed by atoms with E-state index in [1.807, 2.05) is 12.2 Å². The van der Waals surface area contributed by atoms with E-state index in [0.29, 0.717) is 11.8 Å². The van der Waals surface area contributed by atoms with Crippen molar-refractivity contribution in [2.24, 2.45) is 11.8 Å². The largest absolute Gasteiger partial charge is 0.234 e. The molecule has 0 aromatic rings. The fourth-order valence-corrected chi connectivity index (χ4v) is 1.14. The van der Waals surface area contributed by atoms with Gasteiger partial charge in [-0.2, -0.15) is 0 Å². The predicted molar refractivity (Wildman–Crippen MR) is 41.2 cm³/mol. The Hall–Kier alpha value is -1.07. The lowest BCUT2D eigenvalue weighted by Gasteiger charge is -1.99. The molecule has 52 valence electrons. The third kappa shape index (κ3) is 1.46. The highest BCUT2D eigenvalue weighted by Gasteiger charge is 2.13. The van der Waals surface area contributed by atoms with Crippen molar-refractivity contribution in [3.05, 3.63) is 30.9 Å². The van der Waals surface area contributed by atoms with Crippen LogP contribution in [0.5, 0.6) is 0 Å². The summed E-state index contributed by atoms with van der Waals surface area (Å²) in [5.74, 6) is 2.54. The van der Waals surface area contributed by atoms with E-state index in [9.17, 15) is 4.79 Å². The van der Waals surface area contributed by atoms with Gasteiger partial charge in [0.25, 0.3) is 0 Å². The second-order valence-electron chi connectivity index (χ2n) is 2.47. The van der Waals surface area contributed by atoms with Crippen LogP contribution < -0.4 is 0 Å². The van der Waals surface area contributed by atoms with Crippen molar-refractivity contribution in [2.45, 2.75) is 6.42 Å². The van der Waals surface area contributed by atoms with Crippen molar-refractivity contribution in [1.82, 2.24) is 0 Å². The molecule has 0 spiro atoms. The van der Waals surface area contributed by atoms with Crippen molar-refractivity contribution in [3.63, 3.8) is 0 Å². The molecule has 0 N–H and O–H groups in total. The van der Waals surface area contributed by atoms with Gasteiger partial charge in [0.15, 0.2) is 0 Å². The van der Waals surface area contributed by atoms with Crippen LogP contribution in [0.3, 0.4) is 0 Å². The zero-order valence-electron chi connectivity index (χ0n) is 5.79. The molecule has 2 atom stereocenters. The van der Waals surface area contributed by atoms with Crippen LogP contribution in [0.25, 0.3) is 0 Å². The molecule has 0 radical (unpaired) electrons. The van der Waals surface area contributed by atoms with E-state index in [-0.39, 0.29) is 0 Å². The zero-order chi connectivity index (χ0) is 7.40. The van der Waals surface area contributed by atoms with E-state index in [1.165, 1.54) is 0 Å². The van der Waals surface area contributed by atoms with Crippen LogP contribution in [-0.4, -0.2) is 5.94 Å². The number of allylic oxidation sites excluding steroid dienone is 4. The van der Waals surface area contributed by atoms with Gasteiger partial charge in [-0.15, -0.1) is 6.58 Å². The van der Waals surface area contributed by atoms with Gasteiger partial charge in [-0.05, 0) is 12.3 Å². The lowest BCUT2D eigenvalue weighted by atomic mass is 10.0. The molecular formula is C9H10O. The summed E-state index contributed by atoms with van der Waals surface area (Å²) in [4.78, 5) is 9.92. The molecule has 0 fully saturated rings. The van der Waals surface area contributed by atoms with Crippen LogP contribution in [0.15, 0.2) is 30.9 Å². The Bertz CT molecular complexity index is 197. The monoisotopic (exact) mass is 134 g/mol. The van der Waals surface area contributed by atoms with Crippen LogP contribution in [0.1, 0.15) is 6.42 Å². The molecule has 0 bridgehead atoms. The fourth-order valence-electron chi connectivity index (χ4n) is 1.14. The Balaban J connectivity index is 2.52. The summed E-state index contributed by atoms with van der Waals surface area (Å²) >= 11 is 0. The van der Waals surface area contributed by atoms with Gasteiger partial charge in [0.05, 0.1) is 0 Å². The molecule has 0 unspecified atom stereocenters. The van der Waals surface area contributed by atoms with Gasteiger partial charge in [0.1, 0.15) is 5.94 Å². The first-order valence-electron chi connectivity index (χ1n) is 3.38. The summed E-state index contributed by atoms with van der Waals surface area (Å²) in [6.45, 7) is 3.67. The summed E-state index contributed by atoms with van der Waals surface area (Å²) in [7, 11) is 0. The predicted octanol–water partition coefficient (Wildman–Crippen LogP) is 1.75. The Morgan fingerprint density at radius 3 is 2.70 bits per heavy atom. The van der Waals surface area contributed by atoms with E-state index in [2.05, 4.69) is 12.7 Å². The molecule has 0 saturated heterocycles. The maximum Gasteiger partial charge on any atom is 0.120 e. The van der Waals surface area contributed by atoms with Gasteiger partial charge >= 0.3 is 0 Å². The number of hydrogen-bond acceptors (Lipinski definition) is 1. The van der Waals surface area contributed by atoms with Gasteiger partial charge in [-0.1, -0.05) is 18.2 Å². The standard InChI is InChI=1S/C9H10O/c1-2-8-3-4-9(7-8)5-6-10/h2-5,8-9H,1,7H2/t8-,9-/m1/s1. The molecule has 0 amide bonds. The summed E-state index contributed by atoms with van der Waals surface area (Å²) in [6.07, 6.45) is 8.54. The molecule has 0 heterocycles. The van der Waals surface area contributed by atoms with Gasteiger partial charge < -0.3 is 0 Å². The third-order valence-corrected chi connectivity index (χ3v) is 1.73. The van der Waals surface area contributed by atoms with E-state index >= 15 is 0 Å².